The molecule has 1 amide bonds. The first-order chi connectivity index (χ1) is 18.0. The minimum atomic E-state index is -0.219. The largest absolute Gasteiger partial charge is 0.393 e. The third kappa shape index (κ3) is 5.37. The van der Waals surface area contributed by atoms with Crippen LogP contribution in [0.4, 0.5) is 11.4 Å². The van der Waals surface area contributed by atoms with Gasteiger partial charge in [0.05, 0.1) is 29.9 Å². The molecule has 8 nitrogen and oxygen atoms in total. The molecule has 0 aliphatic carbocycles. The second-order valence-electron chi connectivity index (χ2n) is 9.15. The van der Waals surface area contributed by atoms with Gasteiger partial charge >= 0.3 is 0 Å². The highest BCUT2D eigenvalue weighted by Gasteiger charge is 2.18. The highest BCUT2D eigenvalue weighted by molar-refractivity contribution is 6.05. The van der Waals surface area contributed by atoms with Crippen molar-refractivity contribution in [3.05, 3.63) is 95.5 Å². The van der Waals surface area contributed by atoms with Crippen molar-refractivity contribution < 1.29 is 14.7 Å². The van der Waals surface area contributed by atoms with Crippen LogP contribution >= 0.6 is 0 Å². The van der Waals surface area contributed by atoms with E-state index < -0.39 is 0 Å². The number of benzene rings is 3. The number of aliphatic hydroxyl groups is 1. The summed E-state index contributed by atoms with van der Waals surface area (Å²) in [5.74, 6) is -0.236. The Morgan fingerprint density at radius 3 is 2.35 bits per heavy atom. The second-order valence-corrected chi connectivity index (χ2v) is 9.15. The van der Waals surface area contributed by atoms with Gasteiger partial charge in [0.25, 0.3) is 5.91 Å². The van der Waals surface area contributed by atoms with Crippen LogP contribution < -0.4 is 10.2 Å². The number of aromatic nitrogens is 2. The van der Waals surface area contributed by atoms with E-state index in [1.807, 2.05) is 54.6 Å². The predicted molar refractivity (Wildman–Crippen MR) is 143 cm³/mol. The normalized spacial score (nSPS) is 13.9. The summed E-state index contributed by atoms with van der Waals surface area (Å²) in [6, 6.07) is 20.3. The first-order valence-corrected chi connectivity index (χ1v) is 12.3. The van der Waals surface area contributed by atoms with E-state index in [-0.39, 0.29) is 30.8 Å². The molecule has 1 aliphatic heterocycles. The number of carbonyl (C=O) groups is 2. The molecule has 2 heterocycles. The molecule has 3 aromatic carbocycles. The summed E-state index contributed by atoms with van der Waals surface area (Å²) >= 11 is 0. The van der Waals surface area contributed by atoms with Crippen LogP contribution in [0.5, 0.6) is 0 Å². The fourth-order valence-corrected chi connectivity index (χ4v) is 4.56. The molecule has 1 aromatic heterocycles. The highest BCUT2D eigenvalue weighted by Crippen LogP contribution is 2.24. The molecule has 1 fully saturated rings. The Labute approximate surface area is 215 Å². The van der Waals surface area contributed by atoms with Crippen molar-refractivity contribution in [1.29, 1.82) is 0 Å². The molecule has 1 saturated heterocycles. The lowest BCUT2D eigenvalue weighted by Crippen LogP contribution is -2.35. The van der Waals surface area contributed by atoms with Crippen LogP contribution in [0.1, 0.15) is 40.0 Å². The third-order valence-corrected chi connectivity index (χ3v) is 6.67. The molecule has 2 N–H and O–H groups in total. The molecular weight excluding hydrogens is 466 g/mol. The summed E-state index contributed by atoms with van der Waals surface area (Å²) in [4.78, 5) is 30.4. The number of piperidine rings is 1. The molecule has 1 aliphatic rings. The van der Waals surface area contributed by atoms with E-state index in [1.165, 1.54) is 0 Å². The van der Waals surface area contributed by atoms with Crippen molar-refractivity contribution in [3.8, 4) is 5.69 Å². The van der Waals surface area contributed by atoms with E-state index in [0.29, 0.717) is 16.8 Å². The minimum Gasteiger partial charge on any atom is -0.393 e. The van der Waals surface area contributed by atoms with Gasteiger partial charge < -0.3 is 20.2 Å². The molecular formula is C29H27N5O3. The van der Waals surface area contributed by atoms with E-state index in [0.717, 1.165) is 48.2 Å². The molecule has 5 rings (SSSR count). The van der Waals surface area contributed by atoms with Gasteiger partial charge in [-0.1, -0.05) is 0 Å². The Bertz CT molecular complexity index is 1460. The summed E-state index contributed by atoms with van der Waals surface area (Å²) in [6.07, 6.45) is 3.26. The van der Waals surface area contributed by atoms with Gasteiger partial charge in [-0.2, -0.15) is 5.10 Å². The molecule has 0 spiro atoms. The molecule has 0 bridgehead atoms. The maximum atomic E-state index is 12.8. The van der Waals surface area contributed by atoms with Crippen LogP contribution in [0.3, 0.4) is 0 Å². The van der Waals surface area contributed by atoms with Crippen LogP contribution in [-0.2, 0) is 0 Å². The van der Waals surface area contributed by atoms with Crippen molar-refractivity contribution in [1.82, 2.24) is 9.78 Å². The van der Waals surface area contributed by atoms with Crippen LogP contribution in [0.2, 0.25) is 0 Å². The van der Waals surface area contributed by atoms with Crippen molar-refractivity contribution in [2.75, 3.05) is 29.9 Å². The van der Waals surface area contributed by atoms with Crippen LogP contribution in [-0.4, -0.2) is 52.3 Å². The molecule has 37 heavy (non-hydrogen) atoms. The molecule has 186 valence electrons. The number of hydrogen-bond donors (Lipinski definition) is 2. The van der Waals surface area contributed by atoms with Gasteiger partial charge in [-0.05, 0) is 79.6 Å². The summed E-state index contributed by atoms with van der Waals surface area (Å²) in [6.45, 7) is 8.65. The van der Waals surface area contributed by atoms with Crippen molar-refractivity contribution in [2.24, 2.45) is 0 Å². The lowest BCUT2D eigenvalue weighted by atomic mass is 10.1. The van der Waals surface area contributed by atoms with E-state index in [1.54, 1.807) is 23.0 Å². The summed E-state index contributed by atoms with van der Waals surface area (Å²) in [5, 5.41) is 18.0. The van der Waals surface area contributed by atoms with Gasteiger partial charge in [0.15, 0.2) is 5.78 Å². The zero-order valence-electron chi connectivity index (χ0n) is 20.3. The van der Waals surface area contributed by atoms with E-state index >= 15 is 0 Å². The molecule has 0 atom stereocenters. The number of rotatable bonds is 7. The van der Waals surface area contributed by atoms with Gasteiger partial charge in [-0.15, -0.1) is 0 Å². The average molecular weight is 494 g/mol. The van der Waals surface area contributed by atoms with Gasteiger partial charge in [-0.25, -0.2) is 11.3 Å². The molecule has 0 unspecified atom stereocenters. The lowest BCUT2D eigenvalue weighted by Gasteiger charge is -2.31. The number of anilines is 2. The number of hydrogen-bond acceptors (Lipinski definition) is 5. The van der Waals surface area contributed by atoms with Crippen LogP contribution in [0.15, 0.2) is 72.9 Å². The monoisotopic (exact) mass is 493 g/mol. The summed E-state index contributed by atoms with van der Waals surface area (Å²) < 4.78 is 1.78. The Hall–Kier alpha value is -4.48. The smallest absolute Gasteiger partial charge is 0.255 e. The van der Waals surface area contributed by atoms with E-state index in [4.69, 9.17) is 6.57 Å². The van der Waals surface area contributed by atoms with Gasteiger partial charge in [0, 0.05) is 41.0 Å². The van der Waals surface area contributed by atoms with Crippen molar-refractivity contribution in [3.63, 3.8) is 0 Å². The number of nitrogens with zero attached hydrogens (tertiary/aromatic N) is 4. The quantitative estimate of drug-likeness (QED) is 0.287. The number of amides is 1. The van der Waals surface area contributed by atoms with Crippen molar-refractivity contribution >= 4 is 34.0 Å². The maximum Gasteiger partial charge on any atom is 0.255 e. The molecule has 4 aromatic rings. The van der Waals surface area contributed by atoms with Crippen molar-refractivity contribution in [2.45, 2.75) is 25.4 Å². The Balaban J connectivity index is 1.26. The second kappa shape index (κ2) is 10.6. The zero-order chi connectivity index (χ0) is 25.8. The Morgan fingerprint density at radius 2 is 1.65 bits per heavy atom. The fraction of sp³-hybridized carbons (Fsp3) is 0.241. The van der Waals surface area contributed by atoms with Crippen LogP contribution in [0, 0.1) is 6.57 Å². The molecule has 0 saturated carbocycles. The van der Waals surface area contributed by atoms with E-state index in [2.05, 4.69) is 20.2 Å². The zero-order valence-corrected chi connectivity index (χ0v) is 20.3. The SMILES string of the molecule is [C-]#[N+]CCC(=O)c1ccc(-n2ncc3cc(NC(=O)c4ccc(N5CCC(O)CC5)cc4)ccc32)cc1. The number of fused-ring (bicyclic) bond motifs is 1. The standard InChI is InChI=1S/C29H27N5O3/c1-30-15-12-28(36)20-2-9-25(10-3-20)34-27-11-6-23(18-22(27)19-31-34)32-29(37)21-4-7-24(8-5-21)33-16-13-26(35)14-17-33/h2-11,18-19,26,35H,12-17H2,(H,32,37). The first-order valence-electron chi connectivity index (χ1n) is 12.3. The number of carbonyl (C=O) groups excluding carboxylic acids is 2. The molecule has 8 heteroatoms. The van der Waals surface area contributed by atoms with Gasteiger partial charge in [0.2, 0.25) is 6.54 Å². The number of aliphatic hydroxyl groups excluding tert-OH is 1. The van der Waals surface area contributed by atoms with Gasteiger partial charge in [-0.3, -0.25) is 9.59 Å². The third-order valence-electron chi connectivity index (χ3n) is 6.67. The summed E-state index contributed by atoms with van der Waals surface area (Å²) in [7, 11) is 0. The number of ketones is 1. The predicted octanol–water partition coefficient (Wildman–Crippen LogP) is 4.73. The Kier molecular flexibility index (Phi) is 6.97. The highest BCUT2D eigenvalue weighted by atomic mass is 16.3. The van der Waals surface area contributed by atoms with E-state index in [9.17, 15) is 14.7 Å². The van der Waals surface area contributed by atoms with Crippen LogP contribution in [0.25, 0.3) is 21.4 Å². The summed E-state index contributed by atoms with van der Waals surface area (Å²) in [5.41, 5.74) is 4.57. The number of Topliss-reactive ketones (excluding diaryl/α,β-unsaturated/α-hetero) is 1. The lowest BCUT2D eigenvalue weighted by molar-refractivity contribution is 0.0985. The van der Waals surface area contributed by atoms with Gasteiger partial charge in [0.1, 0.15) is 0 Å². The fourth-order valence-electron chi connectivity index (χ4n) is 4.56. The first kappa shape index (κ1) is 24.2. The molecule has 0 radical (unpaired) electrons. The number of nitrogens with one attached hydrogen (secondary N) is 1. The maximum absolute atomic E-state index is 12.8. The average Bonchev–Trinajstić information content (AvgIpc) is 3.35. The topological polar surface area (TPSA) is 91.8 Å². The minimum absolute atomic E-state index is 0.0470. The Morgan fingerprint density at radius 1 is 0.973 bits per heavy atom.